The zero-order valence-electron chi connectivity index (χ0n) is 14.0. The minimum Gasteiger partial charge on any atom is -0.306 e. The molecule has 0 radical (unpaired) electrons. The average Bonchev–Trinajstić information content (AvgIpc) is 2.36. The van der Waals surface area contributed by atoms with Crippen LogP contribution in [0.5, 0.6) is 0 Å². The summed E-state index contributed by atoms with van der Waals surface area (Å²) >= 11 is 0. The Labute approximate surface area is 122 Å². The average molecular weight is 268 g/mol. The van der Waals surface area contributed by atoms with Crippen molar-refractivity contribution in [1.29, 1.82) is 0 Å². The van der Waals surface area contributed by atoms with Gasteiger partial charge in [-0.05, 0) is 31.2 Å². The lowest BCUT2D eigenvalue weighted by atomic mass is 9.67. The van der Waals surface area contributed by atoms with E-state index in [2.05, 4.69) is 32.7 Å². The molecule has 0 aromatic carbocycles. The normalized spacial score (nSPS) is 17.7. The fourth-order valence-corrected chi connectivity index (χ4v) is 3.58. The molecule has 0 saturated carbocycles. The van der Waals surface area contributed by atoms with Crippen LogP contribution in [0.2, 0.25) is 0 Å². The van der Waals surface area contributed by atoms with E-state index < -0.39 is 0 Å². The van der Waals surface area contributed by atoms with Crippen molar-refractivity contribution >= 4 is 0 Å². The molecule has 1 nitrogen and oxygen atoms in total. The van der Waals surface area contributed by atoms with Gasteiger partial charge < -0.3 is 4.90 Å². The van der Waals surface area contributed by atoms with Crippen molar-refractivity contribution in [2.24, 2.45) is 11.3 Å². The van der Waals surface area contributed by atoms with Crippen LogP contribution in [0.3, 0.4) is 0 Å². The molecule has 1 aliphatic rings. The quantitative estimate of drug-likeness (QED) is 0.447. The fourth-order valence-electron chi connectivity index (χ4n) is 3.58. The monoisotopic (exact) mass is 267 g/mol. The Morgan fingerprint density at radius 3 is 1.68 bits per heavy atom. The topological polar surface area (TPSA) is 3.24 Å². The maximum Gasteiger partial charge on any atom is 0.00242 e. The van der Waals surface area contributed by atoms with Crippen molar-refractivity contribution in [1.82, 2.24) is 4.90 Å². The molecule has 0 aliphatic carbocycles. The lowest BCUT2D eigenvalue weighted by Crippen LogP contribution is -2.51. The largest absolute Gasteiger partial charge is 0.306 e. The molecule has 0 N–H and O–H groups in total. The Hall–Kier alpha value is -0.0400. The van der Waals surface area contributed by atoms with Gasteiger partial charge in [-0.15, -0.1) is 0 Å². The highest BCUT2D eigenvalue weighted by molar-refractivity contribution is 4.91. The summed E-state index contributed by atoms with van der Waals surface area (Å²) in [6, 6.07) is 0. The van der Waals surface area contributed by atoms with Gasteiger partial charge in [0.15, 0.2) is 0 Å². The third kappa shape index (κ3) is 5.85. The van der Waals surface area contributed by atoms with E-state index in [0.717, 1.165) is 5.92 Å². The number of unbranched alkanes of at least 4 members (excludes halogenated alkanes) is 6. The first-order chi connectivity index (χ1) is 9.12. The Balaban J connectivity index is 2.33. The van der Waals surface area contributed by atoms with Crippen molar-refractivity contribution in [3.63, 3.8) is 0 Å². The first kappa shape index (κ1) is 17.0. The second kappa shape index (κ2) is 9.00. The fraction of sp³-hybridized carbons (Fsp3) is 1.00. The molecule has 0 unspecified atom stereocenters. The summed E-state index contributed by atoms with van der Waals surface area (Å²) in [5.41, 5.74) is 0.633. The summed E-state index contributed by atoms with van der Waals surface area (Å²) in [7, 11) is 2.27. The van der Waals surface area contributed by atoms with Gasteiger partial charge in [-0.3, -0.25) is 0 Å². The summed E-state index contributed by atoms with van der Waals surface area (Å²) in [6.45, 7) is 9.90. The minimum atomic E-state index is 0.633. The molecule has 0 aromatic rings. The Morgan fingerprint density at radius 1 is 0.842 bits per heavy atom. The highest BCUT2D eigenvalue weighted by Crippen LogP contribution is 2.42. The van der Waals surface area contributed by atoms with E-state index in [1.165, 1.54) is 77.3 Å². The van der Waals surface area contributed by atoms with Gasteiger partial charge >= 0.3 is 0 Å². The molecular formula is C18H37N. The van der Waals surface area contributed by atoms with Crippen LogP contribution in [0.25, 0.3) is 0 Å². The molecule has 0 amide bonds. The Bertz CT molecular complexity index is 206. The van der Waals surface area contributed by atoms with E-state index in [0.29, 0.717) is 5.41 Å². The van der Waals surface area contributed by atoms with Gasteiger partial charge in [-0.2, -0.15) is 0 Å². The number of hydrogen-bond acceptors (Lipinski definition) is 1. The predicted octanol–water partition coefficient (Wildman–Crippen LogP) is 5.50. The molecule has 0 atom stereocenters. The van der Waals surface area contributed by atoms with E-state index in [9.17, 15) is 0 Å². The molecule has 1 fully saturated rings. The molecule has 0 bridgehead atoms. The van der Waals surface area contributed by atoms with E-state index in [1.807, 2.05) is 0 Å². The van der Waals surface area contributed by atoms with Crippen LogP contribution in [0.15, 0.2) is 0 Å². The van der Waals surface area contributed by atoms with Gasteiger partial charge in [-0.1, -0.05) is 72.1 Å². The predicted molar refractivity (Wildman–Crippen MR) is 86.6 cm³/mol. The van der Waals surface area contributed by atoms with Crippen molar-refractivity contribution in [3.05, 3.63) is 0 Å². The van der Waals surface area contributed by atoms with Crippen LogP contribution < -0.4 is 0 Å². The summed E-state index contributed by atoms with van der Waals surface area (Å²) in [6.07, 6.45) is 14.3. The van der Waals surface area contributed by atoms with Crippen LogP contribution >= 0.6 is 0 Å². The molecule has 1 aliphatic heterocycles. The van der Waals surface area contributed by atoms with Crippen molar-refractivity contribution in [2.45, 2.75) is 85.0 Å². The van der Waals surface area contributed by atoms with E-state index >= 15 is 0 Å². The van der Waals surface area contributed by atoms with E-state index in [-0.39, 0.29) is 0 Å². The van der Waals surface area contributed by atoms with Crippen molar-refractivity contribution < 1.29 is 0 Å². The van der Waals surface area contributed by atoms with Crippen LogP contribution in [0.1, 0.15) is 85.0 Å². The summed E-state index contributed by atoms with van der Waals surface area (Å²) < 4.78 is 0. The van der Waals surface area contributed by atoms with Gasteiger partial charge in [0.1, 0.15) is 0 Å². The second-order valence-corrected chi connectivity index (χ2v) is 7.19. The molecule has 19 heavy (non-hydrogen) atoms. The zero-order chi connectivity index (χ0) is 14.1. The second-order valence-electron chi connectivity index (χ2n) is 7.19. The first-order valence-corrected chi connectivity index (χ1v) is 8.81. The molecule has 0 spiro atoms. The van der Waals surface area contributed by atoms with Gasteiger partial charge in [0.2, 0.25) is 0 Å². The molecule has 1 heterocycles. The smallest absolute Gasteiger partial charge is 0.00242 e. The number of likely N-dealkylation sites (tertiary alicyclic amines) is 1. The van der Waals surface area contributed by atoms with Crippen molar-refractivity contribution in [2.75, 3.05) is 20.1 Å². The van der Waals surface area contributed by atoms with Gasteiger partial charge in [0.05, 0.1) is 0 Å². The SMILES string of the molecule is CCCCCCC(C)(CCCCCC)C1CN(C)C1. The summed E-state index contributed by atoms with van der Waals surface area (Å²) in [5, 5.41) is 0. The van der Waals surface area contributed by atoms with Crippen molar-refractivity contribution in [3.8, 4) is 0 Å². The number of hydrogen-bond donors (Lipinski definition) is 0. The highest BCUT2D eigenvalue weighted by atomic mass is 15.2. The molecule has 1 saturated heterocycles. The molecule has 1 rings (SSSR count). The maximum atomic E-state index is 2.59. The van der Waals surface area contributed by atoms with Crippen LogP contribution in [0.4, 0.5) is 0 Å². The summed E-state index contributed by atoms with van der Waals surface area (Å²) in [5.74, 6) is 0.973. The number of nitrogens with zero attached hydrogens (tertiary/aromatic N) is 1. The van der Waals surface area contributed by atoms with Crippen LogP contribution in [-0.2, 0) is 0 Å². The third-order valence-electron chi connectivity index (χ3n) is 5.25. The van der Waals surface area contributed by atoms with E-state index in [1.54, 1.807) is 0 Å². The number of rotatable bonds is 11. The van der Waals surface area contributed by atoms with Gasteiger partial charge in [-0.25, -0.2) is 0 Å². The zero-order valence-corrected chi connectivity index (χ0v) is 14.0. The molecule has 114 valence electrons. The minimum absolute atomic E-state index is 0.633. The first-order valence-electron chi connectivity index (χ1n) is 8.81. The Morgan fingerprint density at radius 2 is 1.32 bits per heavy atom. The lowest BCUT2D eigenvalue weighted by Gasteiger charge is -2.48. The maximum absolute atomic E-state index is 2.59. The standard InChI is InChI=1S/C18H37N/c1-5-7-9-11-13-18(3,14-12-10-8-6-2)17-15-19(4)16-17/h17H,5-16H2,1-4H3. The third-order valence-corrected chi connectivity index (χ3v) is 5.25. The lowest BCUT2D eigenvalue weighted by molar-refractivity contribution is 0.00896. The van der Waals surface area contributed by atoms with Crippen LogP contribution in [-0.4, -0.2) is 25.0 Å². The van der Waals surface area contributed by atoms with E-state index in [4.69, 9.17) is 0 Å². The summed E-state index contributed by atoms with van der Waals surface area (Å²) in [4.78, 5) is 2.49. The molecule has 1 heteroatoms. The van der Waals surface area contributed by atoms with Crippen LogP contribution in [0, 0.1) is 11.3 Å². The Kier molecular flexibility index (Phi) is 8.06. The molecule has 0 aromatic heterocycles. The molecular weight excluding hydrogens is 230 g/mol. The highest BCUT2D eigenvalue weighted by Gasteiger charge is 2.39. The van der Waals surface area contributed by atoms with Gasteiger partial charge in [0.25, 0.3) is 0 Å². The van der Waals surface area contributed by atoms with Gasteiger partial charge in [0, 0.05) is 13.1 Å².